The van der Waals surface area contributed by atoms with Gasteiger partial charge in [0.15, 0.2) is 0 Å². The fraction of sp³-hybridized carbons (Fsp3) is 0.375. The van der Waals surface area contributed by atoms with Crippen LogP contribution in [-0.4, -0.2) is 24.8 Å². The van der Waals surface area contributed by atoms with Crippen molar-refractivity contribution in [2.45, 2.75) is 6.18 Å². The first-order valence-electron chi connectivity index (χ1n) is 3.87. The Hall–Kier alpha value is -1.46. The molecule has 0 aliphatic carbocycles. The summed E-state index contributed by atoms with van der Waals surface area (Å²) < 4.78 is 36.0. The molecule has 1 heterocycles. The van der Waals surface area contributed by atoms with Gasteiger partial charge < -0.3 is 10.6 Å². The van der Waals surface area contributed by atoms with Crippen LogP contribution in [0.25, 0.3) is 0 Å². The minimum Gasteiger partial charge on any atom is -0.397 e. The number of pyridine rings is 1. The summed E-state index contributed by atoms with van der Waals surface area (Å²) in [4.78, 5) is 4.75. The van der Waals surface area contributed by atoms with Crippen LogP contribution in [-0.2, 0) is 0 Å². The number of hydrogen-bond donors (Lipinski definition) is 1. The van der Waals surface area contributed by atoms with Crippen LogP contribution < -0.4 is 10.6 Å². The van der Waals surface area contributed by atoms with Crippen molar-refractivity contribution >= 4 is 11.4 Å². The highest BCUT2D eigenvalue weighted by Gasteiger charge is 2.29. The molecule has 78 valence electrons. The zero-order valence-corrected chi connectivity index (χ0v) is 7.54. The minimum absolute atomic E-state index is 0.344. The molecule has 0 unspecified atom stereocenters. The zero-order chi connectivity index (χ0) is 10.8. The zero-order valence-electron chi connectivity index (χ0n) is 7.54. The lowest BCUT2D eigenvalue weighted by Crippen LogP contribution is -2.30. The van der Waals surface area contributed by atoms with Gasteiger partial charge in [-0.2, -0.15) is 13.2 Å². The molecule has 6 heteroatoms. The molecule has 0 saturated carbocycles. The third-order valence-electron chi connectivity index (χ3n) is 1.60. The molecule has 0 aliphatic heterocycles. The highest BCUT2D eigenvalue weighted by Crippen LogP contribution is 2.21. The molecule has 0 saturated heterocycles. The molecule has 0 bridgehead atoms. The first kappa shape index (κ1) is 10.6. The van der Waals surface area contributed by atoms with Crippen LogP contribution >= 0.6 is 0 Å². The van der Waals surface area contributed by atoms with Gasteiger partial charge >= 0.3 is 6.18 Å². The monoisotopic (exact) mass is 205 g/mol. The van der Waals surface area contributed by atoms with Crippen molar-refractivity contribution in [3.05, 3.63) is 18.5 Å². The quantitative estimate of drug-likeness (QED) is 0.798. The van der Waals surface area contributed by atoms with E-state index < -0.39 is 12.7 Å². The average molecular weight is 205 g/mol. The minimum atomic E-state index is -4.22. The molecule has 0 radical (unpaired) electrons. The van der Waals surface area contributed by atoms with Crippen molar-refractivity contribution in [2.24, 2.45) is 0 Å². The predicted molar refractivity (Wildman–Crippen MR) is 48.0 cm³/mol. The maximum Gasteiger partial charge on any atom is 0.405 e. The van der Waals surface area contributed by atoms with Crippen molar-refractivity contribution in [3.63, 3.8) is 0 Å². The lowest BCUT2D eigenvalue weighted by molar-refractivity contribution is -0.119. The first-order valence-corrected chi connectivity index (χ1v) is 3.87. The van der Waals surface area contributed by atoms with Crippen molar-refractivity contribution in [1.29, 1.82) is 0 Å². The van der Waals surface area contributed by atoms with Crippen LogP contribution in [0.2, 0.25) is 0 Å². The fourth-order valence-corrected chi connectivity index (χ4v) is 1.01. The number of nitrogen functional groups attached to an aromatic ring is 1. The van der Waals surface area contributed by atoms with Gasteiger partial charge in [-0.3, -0.25) is 4.98 Å². The number of nitrogens with two attached hydrogens (primary N) is 1. The van der Waals surface area contributed by atoms with Crippen LogP contribution in [0.4, 0.5) is 24.5 Å². The number of hydrogen-bond acceptors (Lipinski definition) is 3. The van der Waals surface area contributed by atoms with Crippen molar-refractivity contribution < 1.29 is 13.2 Å². The van der Waals surface area contributed by atoms with E-state index in [-0.39, 0.29) is 0 Å². The van der Waals surface area contributed by atoms with Gasteiger partial charge in [-0.05, 0) is 6.07 Å². The van der Waals surface area contributed by atoms with E-state index in [1.807, 2.05) is 0 Å². The molecule has 0 atom stereocenters. The first-order chi connectivity index (χ1) is 6.38. The Labute approximate surface area is 79.3 Å². The Morgan fingerprint density at radius 3 is 2.57 bits per heavy atom. The fourth-order valence-electron chi connectivity index (χ4n) is 1.01. The van der Waals surface area contributed by atoms with Crippen LogP contribution in [0.3, 0.4) is 0 Å². The normalized spacial score (nSPS) is 11.4. The summed E-state index contributed by atoms with van der Waals surface area (Å²) >= 11 is 0. The summed E-state index contributed by atoms with van der Waals surface area (Å²) in [7, 11) is 1.34. The lowest BCUT2D eigenvalue weighted by atomic mass is 10.3. The van der Waals surface area contributed by atoms with E-state index in [0.717, 1.165) is 4.90 Å². The van der Waals surface area contributed by atoms with Crippen molar-refractivity contribution in [3.8, 4) is 0 Å². The van der Waals surface area contributed by atoms with Crippen molar-refractivity contribution in [1.82, 2.24) is 4.98 Å². The topological polar surface area (TPSA) is 42.2 Å². The number of rotatable bonds is 2. The predicted octanol–water partition coefficient (Wildman–Crippen LogP) is 1.66. The van der Waals surface area contributed by atoms with Crippen LogP contribution in [0, 0.1) is 0 Å². The molecule has 0 aliphatic rings. The second-order valence-corrected chi connectivity index (χ2v) is 2.95. The van der Waals surface area contributed by atoms with Crippen LogP contribution in [0.15, 0.2) is 18.5 Å². The second kappa shape index (κ2) is 3.73. The molecule has 1 aromatic rings. The Kier molecular flexibility index (Phi) is 2.83. The third-order valence-corrected chi connectivity index (χ3v) is 1.60. The highest BCUT2D eigenvalue weighted by molar-refractivity contribution is 5.52. The Morgan fingerprint density at radius 1 is 1.43 bits per heavy atom. The van der Waals surface area contributed by atoms with Gasteiger partial charge in [0.2, 0.25) is 0 Å². The van der Waals surface area contributed by atoms with Gasteiger partial charge in [0.25, 0.3) is 0 Å². The number of halogens is 3. The standard InChI is InChI=1S/C8H10F3N3/c1-14(5-8(9,10)11)7-2-6(12)3-13-4-7/h2-4H,5,12H2,1H3. The molecule has 0 spiro atoms. The summed E-state index contributed by atoms with van der Waals surface area (Å²) in [6.07, 6.45) is -1.51. The van der Waals surface area contributed by atoms with E-state index in [4.69, 9.17) is 5.73 Å². The summed E-state index contributed by atoms with van der Waals surface area (Å²) in [5, 5.41) is 0. The Balaban J connectivity index is 2.74. The van der Waals surface area contributed by atoms with E-state index in [2.05, 4.69) is 4.98 Å². The largest absolute Gasteiger partial charge is 0.405 e. The lowest BCUT2D eigenvalue weighted by Gasteiger charge is -2.20. The average Bonchev–Trinajstić information content (AvgIpc) is 2.01. The van der Waals surface area contributed by atoms with Gasteiger partial charge in [-0.15, -0.1) is 0 Å². The van der Waals surface area contributed by atoms with Gasteiger partial charge in [-0.25, -0.2) is 0 Å². The molecule has 0 fully saturated rings. The number of aromatic nitrogens is 1. The highest BCUT2D eigenvalue weighted by atomic mass is 19.4. The molecule has 1 rings (SSSR count). The number of nitrogens with zero attached hydrogens (tertiary/aromatic N) is 2. The molecule has 0 amide bonds. The smallest absolute Gasteiger partial charge is 0.397 e. The summed E-state index contributed by atoms with van der Waals surface area (Å²) in [6.45, 7) is -1.02. The van der Waals surface area contributed by atoms with Gasteiger partial charge in [0.05, 0.1) is 17.6 Å². The van der Waals surface area contributed by atoms with E-state index >= 15 is 0 Å². The Morgan fingerprint density at radius 2 is 2.07 bits per heavy atom. The van der Waals surface area contributed by atoms with Gasteiger partial charge in [-0.1, -0.05) is 0 Å². The second-order valence-electron chi connectivity index (χ2n) is 2.95. The summed E-state index contributed by atoms with van der Waals surface area (Å²) in [6, 6.07) is 1.44. The van der Waals surface area contributed by atoms with Crippen LogP contribution in [0.5, 0.6) is 0 Å². The molecular formula is C8H10F3N3. The molecule has 0 aromatic carbocycles. The van der Waals surface area contributed by atoms with E-state index in [1.165, 1.54) is 25.5 Å². The molecule has 14 heavy (non-hydrogen) atoms. The van der Waals surface area contributed by atoms with Crippen molar-refractivity contribution in [2.75, 3.05) is 24.2 Å². The maximum atomic E-state index is 12.0. The van der Waals surface area contributed by atoms with E-state index in [9.17, 15) is 13.2 Å². The van der Waals surface area contributed by atoms with E-state index in [0.29, 0.717) is 11.4 Å². The van der Waals surface area contributed by atoms with Crippen LogP contribution in [0.1, 0.15) is 0 Å². The summed E-state index contributed by atoms with van der Waals surface area (Å²) in [5.74, 6) is 0. The van der Waals surface area contributed by atoms with Gasteiger partial charge in [0, 0.05) is 13.2 Å². The number of anilines is 2. The maximum absolute atomic E-state index is 12.0. The molecular weight excluding hydrogens is 195 g/mol. The summed E-state index contributed by atoms with van der Waals surface area (Å²) in [5.41, 5.74) is 6.08. The number of alkyl halides is 3. The van der Waals surface area contributed by atoms with E-state index in [1.54, 1.807) is 0 Å². The molecule has 2 N–H and O–H groups in total. The third kappa shape index (κ3) is 3.12. The molecule has 3 nitrogen and oxygen atoms in total. The van der Waals surface area contributed by atoms with Gasteiger partial charge in [0.1, 0.15) is 6.54 Å². The SMILES string of the molecule is CN(CC(F)(F)F)c1cncc(N)c1. The molecule has 1 aromatic heterocycles. The Bertz CT molecular complexity index is 311.